The maximum atomic E-state index is 12.1. The second-order valence-corrected chi connectivity index (χ2v) is 8.87. The summed E-state index contributed by atoms with van der Waals surface area (Å²) in [5, 5.41) is 1.78. The van der Waals surface area contributed by atoms with E-state index in [4.69, 9.17) is 0 Å². The average molecular weight is 366 g/mol. The Kier molecular flexibility index (Phi) is 6.02. The van der Waals surface area contributed by atoms with Crippen LogP contribution in [0.15, 0.2) is 52.1 Å². The number of nitrogens with one attached hydrogen (secondary N) is 1. The van der Waals surface area contributed by atoms with E-state index >= 15 is 0 Å². The highest BCUT2D eigenvalue weighted by molar-refractivity contribution is 7.91. The molecule has 24 heavy (non-hydrogen) atoms. The first-order valence-electron chi connectivity index (χ1n) is 8.15. The molecular weight excluding hydrogens is 342 g/mol. The smallest absolute Gasteiger partial charge is 0.250 e. The highest BCUT2D eigenvalue weighted by Gasteiger charge is 2.18. The first-order chi connectivity index (χ1) is 11.6. The predicted molar refractivity (Wildman–Crippen MR) is 97.7 cm³/mol. The molecule has 0 saturated carbocycles. The van der Waals surface area contributed by atoms with Crippen LogP contribution in [0, 0.1) is 0 Å². The fourth-order valence-corrected chi connectivity index (χ4v) is 4.90. The number of hydrogen-bond donors (Lipinski definition) is 1. The highest BCUT2D eigenvalue weighted by Crippen LogP contribution is 2.15. The van der Waals surface area contributed by atoms with Crippen LogP contribution in [-0.4, -0.2) is 57.5 Å². The predicted octanol–water partition coefficient (Wildman–Crippen LogP) is 1.84. The van der Waals surface area contributed by atoms with E-state index in [1.54, 1.807) is 17.5 Å². The van der Waals surface area contributed by atoms with Gasteiger partial charge in [0.1, 0.15) is 4.21 Å². The number of thiophene rings is 1. The zero-order valence-electron chi connectivity index (χ0n) is 13.6. The quantitative estimate of drug-likeness (QED) is 0.814. The van der Waals surface area contributed by atoms with Crippen molar-refractivity contribution in [2.45, 2.75) is 10.8 Å². The van der Waals surface area contributed by atoms with Gasteiger partial charge in [0.25, 0.3) is 0 Å². The molecule has 0 spiro atoms. The second-order valence-electron chi connectivity index (χ2n) is 5.93. The van der Waals surface area contributed by atoms with Crippen LogP contribution in [0.5, 0.6) is 0 Å². The van der Waals surface area contributed by atoms with Crippen molar-refractivity contribution in [3.63, 3.8) is 0 Å². The minimum Gasteiger partial charge on any atom is -0.299 e. The molecule has 2 heterocycles. The van der Waals surface area contributed by atoms with Gasteiger partial charge in [-0.05, 0) is 17.0 Å². The maximum absolute atomic E-state index is 12.1. The molecule has 1 aromatic carbocycles. The summed E-state index contributed by atoms with van der Waals surface area (Å²) in [5.74, 6) is 0. The molecule has 1 aliphatic rings. The average Bonchev–Trinajstić information content (AvgIpc) is 3.13. The molecule has 1 aliphatic heterocycles. The SMILES string of the molecule is O=S(=O)(NCCN1CCN(Cc2ccccc2)CC1)c1cccs1. The summed E-state index contributed by atoms with van der Waals surface area (Å²) in [6.07, 6.45) is 0. The van der Waals surface area contributed by atoms with Gasteiger partial charge in [0.2, 0.25) is 10.0 Å². The summed E-state index contributed by atoms with van der Waals surface area (Å²) in [7, 11) is -3.34. The molecule has 3 rings (SSSR count). The maximum Gasteiger partial charge on any atom is 0.250 e. The lowest BCUT2D eigenvalue weighted by Gasteiger charge is -2.34. The molecule has 0 amide bonds. The minimum atomic E-state index is -3.34. The van der Waals surface area contributed by atoms with E-state index in [1.165, 1.54) is 16.9 Å². The highest BCUT2D eigenvalue weighted by atomic mass is 32.2. The molecule has 0 unspecified atom stereocenters. The molecule has 1 N–H and O–H groups in total. The minimum absolute atomic E-state index is 0.384. The fraction of sp³-hybridized carbons (Fsp3) is 0.412. The third-order valence-corrected chi connectivity index (χ3v) is 7.05. The van der Waals surface area contributed by atoms with Crippen molar-refractivity contribution in [3.8, 4) is 0 Å². The van der Waals surface area contributed by atoms with Crippen molar-refractivity contribution in [2.75, 3.05) is 39.3 Å². The molecule has 0 radical (unpaired) electrons. The number of rotatable bonds is 7. The van der Waals surface area contributed by atoms with E-state index < -0.39 is 10.0 Å². The summed E-state index contributed by atoms with van der Waals surface area (Å²) < 4.78 is 27.2. The molecule has 1 saturated heterocycles. The lowest BCUT2D eigenvalue weighted by atomic mass is 10.2. The van der Waals surface area contributed by atoms with E-state index in [2.05, 4.69) is 38.8 Å². The van der Waals surface area contributed by atoms with Gasteiger partial charge in [-0.2, -0.15) is 0 Å². The molecular formula is C17H23N3O2S2. The molecule has 130 valence electrons. The first kappa shape index (κ1) is 17.6. The van der Waals surface area contributed by atoms with Crippen LogP contribution in [0.25, 0.3) is 0 Å². The van der Waals surface area contributed by atoms with Gasteiger partial charge >= 0.3 is 0 Å². The summed E-state index contributed by atoms with van der Waals surface area (Å²) in [4.78, 5) is 4.76. The molecule has 1 aromatic heterocycles. The van der Waals surface area contributed by atoms with Gasteiger partial charge < -0.3 is 0 Å². The monoisotopic (exact) mass is 365 g/mol. The molecule has 0 atom stereocenters. The van der Waals surface area contributed by atoms with Crippen molar-refractivity contribution in [3.05, 3.63) is 53.4 Å². The fourth-order valence-electron chi connectivity index (χ4n) is 2.84. The Morgan fingerprint density at radius 1 is 0.958 bits per heavy atom. The summed E-state index contributed by atoms with van der Waals surface area (Å²) >= 11 is 1.25. The summed E-state index contributed by atoms with van der Waals surface area (Å²) in [5.41, 5.74) is 1.34. The third kappa shape index (κ3) is 4.87. The lowest BCUT2D eigenvalue weighted by Crippen LogP contribution is -2.47. The summed E-state index contributed by atoms with van der Waals surface area (Å²) in [6, 6.07) is 13.9. The number of sulfonamides is 1. The van der Waals surface area contributed by atoms with E-state index in [-0.39, 0.29) is 0 Å². The van der Waals surface area contributed by atoms with Crippen LogP contribution in [0.1, 0.15) is 5.56 Å². The Labute approximate surface area is 148 Å². The Balaban J connectivity index is 1.38. The van der Waals surface area contributed by atoms with Crippen molar-refractivity contribution in [2.24, 2.45) is 0 Å². The van der Waals surface area contributed by atoms with Crippen molar-refractivity contribution >= 4 is 21.4 Å². The van der Waals surface area contributed by atoms with Gasteiger partial charge in [-0.15, -0.1) is 11.3 Å². The van der Waals surface area contributed by atoms with Gasteiger partial charge in [-0.3, -0.25) is 9.80 Å². The molecule has 0 aliphatic carbocycles. The Bertz CT molecular complexity index is 710. The van der Waals surface area contributed by atoms with Crippen LogP contribution < -0.4 is 4.72 Å². The second kappa shape index (κ2) is 8.22. The zero-order chi connectivity index (χ0) is 16.8. The Hall–Kier alpha value is -1.25. The van der Waals surface area contributed by atoms with Crippen LogP contribution in [0.2, 0.25) is 0 Å². The van der Waals surface area contributed by atoms with Crippen LogP contribution >= 0.6 is 11.3 Å². The van der Waals surface area contributed by atoms with E-state index in [1.807, 2.05) is 6.07 Å². The van der Waals surface area contributed by atoms with Gasteiger partial charge in [-0.1, -0.05) is 36.4 Å². The third-order valence-electron chi connectivity index (χ3n) is 4.19. The largest absolute Gasteiger partial charge is 0.299 e. The Morgan fingerprint density at radius 3 is 2.33 bits per heavy atom. The standard InChI is InChI=1S/C17H23N3O2S2/c21-24(22,17-7-4-14-23-17)18-8-9-19-10-12-20(13-11-19)15-16-5-2-1-3-6-16/h1-7,14,18H,8-13,15H2. The molecule has 1 fully saturated rings. The molecule has 5 nitrogen and oxygen atoms in total. The normalized spacial score (nSPS) is 17.2. The van der Waals surface area contributed by atoms with Crippen LogP contribution in [0.4, 0.5) is 0 Å². The van der Waals surface area contributed by atoms with Gasteiger partial charge in [-0.25, -0.2) is 13.1 Å². The van der Waals surface area contributed by atoms with E-state index in [9.17, 15) is 8.42 Å². The lowest BCUT2D eigenvalue weighted by molar-refractivity contribution is 0.129. The van der Waals surface area contributed by atoms with Crippen molar-refractivity contribution in [1.29, 1.82) is 0 Å². The topological polar surface area (TPSA) is 52.7 Å². The molecule has 7 heteroatoms. The van der Waals surface area contributed by atoms with Crippen LogP contribution in [-0.2, 0) is 16.6 Å². The van der Waals surface area contributed by atoms with Gasteiger partial charge in [0.05, 0.1) is 0 Å². The van der Waals surface area contributed by atoms with Crippen molar-refractivity contribution < 1.29 is 8.42 Å². The number of benzene rings is 1. The molecule has 2 aromatic rings. The van der Waals surface area contributed by atoms with Gasteiger partial charge in [0.15, 0.2) is 0 Å². The van der Waals surface area contributed by atoms with E-state index in [0.29, 0.717) is 10.8 Å². The van der Waals surface area contributed by atoms with Crippen molar-refractivity contribution in [1.82, 2.24) is 14.5 Å². The number of piperazine rings is 1. The summed E-state index contributed by atoms with van der Waals surface area (Å²) in [6.45, 7) is 6.20. The van der Waals surface area contributed by atoms with E-state index in [0.717, 1.165) is 39.3 Å². The Morgan fingerprint density at radius 2 is 1.67 bits per heavy atom. The zero-order valence-corrected chi connectivity index (χ0v) is 15.2. The number of nitrogens with zero attached hydrogens (tertiary/aromatic N) is 2. The first-order valence-corrected chi connectivity index (χ1v) is 10.5. The van der Waals surface area contributed by atoms with Crippen LogP contribution in [0.3, 0.4) is 0 Å². The van der Waals surface area contributed by atoms with Gasteiger partial charge in [0, 0.05) is 45.8 Å². The number of hydrogen-bond acceptors (Lipinski definition) is 5. The molecule has 0 bridgehead atoms.